The molecule has 0 amide bonds. The Morgan fingerprint density at radius 1 is 0.288 bits per heavy atom. The van der Waals surface area contributed by atoms with Gasteiger partial charge in [-0.3, -0.25) is 14.4 Å². The fourth-order valence-corrected chi connectivity index (χ4v) is 4.51. The molecule has 0 saturated heterocycles. The maximum atomic E-state index is 11.8. The Balaban J connectivity index is 0.000000208. The molecule has 52 heavy (non-hydrogen) atoms. The first-order valence-corrected chi connectivity index (χ1v) is 16.0. The molecule has 0 unspecified atom stereocenters. The number of hydrogen-bond donors (Lipinski definition) is 3. The number of ketones is 3. The first-order chi connectivity index (χ1) is 24.8. The second-order valence-electron chi connectivity index (χ2n) is 10.9. The molecule has 6 nitrogen and oxygen atoms in total. The molecule has 0 spiro atoms. The molecule has 0 aliphatic carbocycles. The minimum Gasteiger partial charge on any atom is -0.507 e. The van der Waals surface area contributed by atoms with Crippen molar-refractivity contribution in [1.82, 2.24) is 0 Å². The molecule has 6 aromatic carbocycles. The van der Waals surface area contributed by atoms with Crippen molar-refractivity contribution in [3.63, 3.8) is 0 Å². The van der Waals surface area contributed by atoms with Crippen molar-refractivity contribution in [2.75, 3.05) is 0 Å². The summed E-state index contributed by atoms with van der Waals surface area (Å²) in [5, 5.41) is 29.4. The molecule has 6 aromatic rings. The molecule has 0 bridgehead atoms. The second-order valence-corrected chi connectivity index (χ2v) is 10.9. The molecule has 0 aliphatic rings. The Hall–Kier alpha value is -5.86. The maximum absolute atomic E-state index is 11.8. The summed E-state index contributed by atoms with van der Waals surface area (Å²) < 4.78 is 0. The van der Waals surface area contributed by atoms with Crippen molar-refractivity contribution in [1.29, 1.82) is 0 Å². The summed E-state index contributed by atoms with van der Waals surface area (Å²) in [5.41, 5.74) is 3.60. The fourth-order valence-electron chi connectivity index (χ4n) is 4.51. The maximum Gasteiger partial charge on any atom is 0.189 e. The zero-order valence-electron chi connectivity index (χ0n) is 28.2. The van der Waals surface area contributed by atoms with Gasteiger partial charge in [0, 0.05) is 87.2 Å². The number of hydrogen-bond acceptors (Lipinski definition) is 6. The van der Waals surface area contributed by atoms with Gasteiger partial charge in [0.1, 0.15) is 17.3 Å². The van der Waals surface area contributed by atoms with Crippen molar-refractivity contribution in [2.24, 2.45) is 0 Å². The molecule has 0 aliphatic heterocycles. The molecule has 0 saturated carbocycles. The van der Waals surface area contributed by atoms with Crippen LogP contribution in [-0.4, -0.2) is 32.7 Å². The topological polar surface area (TPSA) is 112 Å². The number of aliphatic hydroxyl groups is 3. The van der Waals surface area contributed by atoms with Gasteiger partial charge in [-0.05, 0) is 0 Å². The van der Waals surface area contributed by atoms with Gasteiger partial charge < -0.3 is 15.3 Å². The van der Waals surface area contributed by atoms with Gasteiger partial charge in [0.2, 0.25) is 0 Å². The predicted octanol–water partition coefficient (Wildman–Crippen LogP) is 10.4. The Morgan fingerprint density at radius 3 is 0.615 bits per heavy atom. The van der Waals surface area contributed by atoms with Crippen LogP contribution < -0.4 is 0 Å². The summed E-state index contributed by atoms with van der Waals surface area (Å²) in [6.07, 6.45) is 3.72. The van der Waals surface area contributed by atoms with Gasteiger partial charge in [0.15, 0.2) is 17.3 Å². The van der Waals surface area contributed by atoms with Crippen LogP contribution in [-0.2, 0) is 0 Å². The van der Waals surface area contributed by atoms with Crippen LogP contribution in [0.15, 0.2) is 200 Å². The van der Waals surface area contributed by atoms with Gasteiger partial charge in [0.25, 0.3) is 0 Å². The van der Waals surface area contributed by atoms with Gasteiger partial charge in [-0.1, -0.05) is 182 Å². The van der Waals surface area contributed by atoms with E-state index in [0.29, 0.717) is 33.4 Å². The van der Waals surface area contributed by atoms with E-state index in [1.165, 1.54) is 18.2 Å². The van der Waals surface area contributed by atoms with E-state index in [1.807, 2.05) is 72.8 Å². The molecule has 0 fully saturated rings. The Morgan fingerprint density at radius 2 is 0.442 bits per heavy atom. The number of carbonyl (C=O) groups excluding carboxylic acids is 3. The molecule has 1 radical (unpaired) electrons. The van der Waals surface area contributed by atoms with Crippen molar-refractivity contribution in [2.45, 2.75) is 0 Å². The van der Waals surface area contributed by atoms with E-state index in [2.05, 4.69) is 0 Å². The zero-order chi connectivity index (χ0) is 36.3. The summed E-state index contributed by atoms with van der Waals surface area (Å²) in [6, 6.07) is 53.6. The second kappa shape index (κ2) is 22.1. The molecule has 0 atom stereocenters. The third-order valence-corrected chi connectivity index (χ3v) is 7.19. The van der Waals surface area contributed by atoms with Crippen molar-refractivity contribution in [3.8, 4) is 0 Å². The summed E-state index contributed by atoms with van der Waals surface area (Å²) in [4.78, 5) is 35.4. The van der Waals surface area contributed by atoms with E-state index < -0.39 is 0 Å². The molecule has 3 N–H and O–H groups in total. The normalized spacial score (nSPS) is 11.0. The van der Waals surface area contributed by atoms with E-state index in [9.17, 15) is 29.7 Å². The van der Waals surface area contributed by atoms with Gasteiger partial charge in [-0.25, -0.2) is 0 Å². The Bertz CT molecular complexity index is 1830. The van der Waals surface area contributed by atoms with Crippen molar-refractivity contribution >= 4 is 34.6 Å². The quantitative estimate of drug-likeness (QED) is 0.0762. The van der Waals surface area contributed by atoms with E-state index >= 15 is 0 Å². The SMILES string of the molecule is O=C(/C=C(\O)c1ccccc1)c1ccccc1.O=C(/C=C(\O)c1ccccc1)c1ccccc1.O=C(/C=C(\O)c1ccccc1)c1ccccc1.[La]. The van der Waals surface area contributed by atoms with E-state index in [0.717, 1.165) is 0 Å². The summed E-state index contributed by atoms with van der Waals surface area (Å²) in [7, 11) is 0. The number of carbonyl (C=O) groups is 3. The average Bonchev–Trinajstić information content (AvgIpc) is 3.20. The van der Waals surface area contributed by atoms with Crippen LogP contribution in [0.25, 0.3) is 17.3 Å². The monoisotopic (exact) mass is 811 g/mol. The molecule has 6 rings (SSSR count). The molecule has 0 heterocycles. The molecule has 0 aromatic heterocycles. The van der Waals surface area contributed by atoms with Gasteiger partial charge >= 0.3 is 0 Å². The van der Waals surface area contributed by atoms with E-state index in [1.54, 1.807) is 109 Å². The molecule has 7 heteroatoms. The van der Waals surface area contributed by atoms with Crippen LogP contribution in [0.2, 0.25) is 0 Å². The summed E-state index contributed by atoms with van der Waals surface area (Å²) in [5.74, 6) is -0.649. The van der Waals surface area contributed by atoms with Crippen LogP contribution >= 0.6 is 0 Å². The van der Waals surface area contributed by atoms with Crippen molar-refractivity contribution in [3.05, 3.63) is 234 Å². The van der Waals surface area contributed by atoms with Crippen LogP contribution in [0.3, 0.4) is 0 Å². The first-order valence-electron chi connectivity index (χ1n) is 16.0. The van der Waals surface area contributed by atoms with Crippen LogP contribution in [0.5, 0.6) is 0 Å². The predicted molar refractivity (Wildman–Crippen MR) is 203 cm³/mol. The van der Waals surface area contributed by atoms with Crippen LogP contribution in [0.4, 0.5) is 0 Å². The number of rotatable bonds is 9. The first kappa shape index (κ1) is 40.6. The van der Waals surface area contributed by atoms with Crippen LogP contribution in [0, 0.1) is 35.6 Å². The van der Waals surface area contributed by atoms with E-state index in [-0.39, 0.29) is 70.2 Å². The van der Waals surface area contributed by atoms with Gasteiger partial charge in [0.05, 0.1) is 0 Å². The minimum absolute atomic E-state index is 0. The standard InChI is InChI=1S/3C15H12O2.La/c3*16-14(12-7-3-1-4-8-12)11-15(17)13-9-5-2-6-10-13;/h3*1-11,16H;/b3*14-11-;. The van der Waals surface area contributed by atoms with Gasteiger partial charge in [-0.2, -0.15) is 0 Å². The smallest absolute Gasteiger partial charge is 0.189 e. The molecule has 255 valence electrons. The number of allylic oxidation sites excluding steroid dienone is 3. The van der Waals surface area contributed by atoms with Crippen LogP contribution in [0.1, 0.15) is 47.8 Å². The van der Waals surface area contributed by atoms with Crippen molar-refractivity contribution < 1.29 is 65.3 Å². The average molecular weight is 812 g/mol. The summed E-state index contributed by atoms with van der Waals surface area (Å²) in [6.45, 7) is 0. The third kappa shape index (κ3) is 13.5. The minimum atomic E-state index is -0.202. The van der Waals surface area contributed by atoms with Gasteiger partial charge in [-0.15, -0.1) is 0 Å². The Kier molecular flexibility index (Phi) is 17.2. The largest absolute Gasteiger partial charge is 0.507 e. The summed E-state index contributed by atoms with van der Waals surface area (Å²) >= 11 is 0. The molecular weight excluding hydrogens is 775 g/mol. The zero-order valence-corrected chi connectivity index (χ0v) is 31.8. The fraction of sp³-hybridized carbons (Fsp3) is 0. The molecular formula is C45H36LaO6. The third-order valence-electron chi connectivity index (χ3n) is 7.19. The number of benzene rings is 6. The Labute approximate surface area is 331 Å². The number of aliphatic hydroxyl groups excluding tert-OH is 3. The van der Waals surface area contributed by atoms with E-state index in [4.69, 9.17) is 0 Å².